The highest BCUT2D eigenvalue weighted by Crippen LogP contribution is 2.18. The number of nitrogens with zero attached hydrogens (tertiary/aromatic N) is 1. The van der Waals surface area contributed by atoms with Gasteiger partial charge < -0.3 is 15.2 Å². The van der Waals surface area contributed by atoms with Crippen molar-refractivity contribution in [2.24, 2.45) is 0 Å². The number of hydrogen-bond donors (Lipinski definition) is 2. The number of benzene rings is 1. The summed E-state index contributed by atoms with van der Waals surface area (Å²) in [7, 11) is 0. The van der Waals surface area contributed by atoms with E-state index in [-0.39, 0.29) is 29.8 Å². The van der Waals surface area contributed by atoms with Gasteiger partial charge in [0.1, 0.15) is 0 Å². The van der Waals surface area contributed by atoms with Gasteiger partial charge >= 0.3 is 0 Å². The number of carbonyl (C=O) groups is 2. The summed E-state index contributed by atoms with van der Waals surface area (Å²) < 4.78 is 0. The number of rotatable bonds is 1. The molecule has 0 bridgehead atoms. The molecule has 0 unspecified atom stereocenters. The maximum Gasteiger partial charge on any atom is 0.255 e. The van der Waals surface area contributed by atoms with Crippen LogP contribution in [-0.4, -0.2) is 40.8 Å². The van der Waals surface area contributed by atoms with Crippen LogP contribution in [0.25, 0.3) is 10.9 Å². The number of H-pyrrole nitrogens is 1. The van der Waals surface area contributed by atoms with Crippen molar-refractivity contribution in [3.63, 3.8) is 0 Å². The molecule has 114 valence electrons. The molecule has 1 fully saturated rings. The highest BCUT2D eigenvalue weighted by Gasteiger charge is 2.26. The molecular weight excluding hydrogens is 282 g/mol. The fraction of sp³-hybridized carbons (Fsp3) is 0.312. The van der Waals surface area contributed by atoms with Crippen molar-refractivity contribution < 1.29 is 9.59 Å². The van der Waals surface area contributed by atoms with Gasteiger partial charge in [0.15, 0.2) is 0 Å². The zero-order valence-electron chi connectivity index (χ0n) is 12.3. The highest BCUT2D eigenvalue weighted by atomic mass is 16.2. The van der Waals surface area contributed by atoms with Gasteiger partial charge in [0.2, 0.25) is 11.5 Å². The summed E-state index contributed by atoms with van der Waals surface area (Å²) >= 11 is 0. The summed E-state index contributed by atoms with van der Waals surface area (Å²) in [6, 6.07) is 8.43. The smallest absolute Gasteiger partial charge is 0.255 e. The predicted octanol–water partition coefficient (Wildman–Crippen LogP) is 0.879. The molecule has 1 aromatic heterocycles. The van der Waals surface area contributed by atoms with Crippen LogP contribution in [0.1, 0.15) is 23.7 Å². The van der Waals surface area contributed by atoms with E-state index >= 15 is 0 Å². The number of aromatic amines is 1. The molecule has 1 saturated heterocycles. The quantitative estimate of drug-likeness (QED) is 0.820. The molecule has 6 heteroatoms. The van der Waals surface area contributed by atoms with Crippen LogP contribution in [-0.2, 0) is 4.79 Å². The Morgan fingerprint density at radius 3 is 2.86 bits per heavy atom. The zero-order chi connectivity index (χ0) is 15.7. The molecule has 0 aliphatic carbocycles. The van der Waals surface area contributed by atoms with E-state index in [0.29, 0.717) is 29.6 Å². The van der Waals surface area contributed by atoms with Crippen LogP contribution in [0.4, 0.5) is 0 Å². The Labute approximate surface area is 127 Å². The van der Waals surface area contributed by atoms with Crippen molar-refractivity contribution in [1.82, 2.24) is 15.2 Å². The molecule has 1 aliphatic heterocycles. The number of carbonyl (C=O) groups excluding carboxylic acids is 2. The van der Waals surface area contributed by atoms with Crippen LogP contribution >= 0.6 is 0 Å². The first kappa shape index (κ1) is 14.3. The summed E-state index contributed by atoms with van der Waals surface area (Å²) in [5.41, 5.74) is 0.703. The second-order valence-corrected chi connectivity index (χ2v) is 5.49. The van der Waals surface area contributed by atoms with Crippen molar-refractivity contribution in [2.75, 3.05) is 13.1 Å². The Bertz CT molecular complexity index is 797. The second-order valence-electron chi connectivity index (χ2n) is 5.49. The number of para-hydroxylation sites is 1. The molecule has 0 radical (unpaired) electrons. The van der Waals surface area contributed by atoms with Gasteiger partial charge in [-0.25, -0.2) is 0 Å². The van der Waals surface area contributed by atoms with Crippen molar-refractivity contribution in [3.8, 4) is 0 Å². The molecule has 1 atom stereocenters. The third-order valence-electron chi connectivity index (χ3n) is 3.95. The van der Waals surface area contributed by atoms with Crippen LogP contribution < -0.4 is 10.9 Å². The van der Waals surface area contributed by atoms with Crippen LogP contribution in [0.2, 0.25) is 0 Å². The summed E-state index contributed by atoms with van der Waals surface area (Å²) in [5.74, 6) is -0.274. The molecule has 2 heterocycles. The number of amides is 2. The molecule has 2 N–H and O–H groups in total. The Hall–Kier alpha value is -2.63. The van der Waals surface area contributed by atoms with E-state index in [9.17, 15) is 14.4 Å². The Morgan fingerprint density at radius 2 is 2.05 bits per heavy atom. The van der Waals surface area contributed by atoms with Crippen molar-refractivity contribution in [2.45, 2.75) is 19.4 Å². The summed E-state index contributed by atoms with van der Waals surface area (Å²) in [6.07, 6.45) is 0.275. The lowest BCUT2D eigenvalue weighted by molar-refractivity contribution is -0.120. The fourth-order valence-corrected chi connectivity index (χ4v) is 2.74. The molecule has 1 aliphatic rings. The van der Waals surface area contributed by atoms with Gasteiger partial charge in [-0.1, -0.05) is 18.2 Å². The third-order valence-corrected chi connectivity index (χ3v) is 3.95. The third kappa shape index (κ3) is 2.59. The van der Waals surface area contributed by atoms with Gasteiger partial charge in [0, 0.05) is 42.5 Å². The Morgan fingerprint density at radius 1 is 1.27 bits per heavy atom. The maximum atomic E-state index is 12.9. The number of pyridine rings is 1. The van der Waals surface area contributed by atoms with E-state index in [0.717, 1.165) is 0 Å². The number of nitrogens with one attached hydrogen (secondary N) is 2. The van der Waals surface area contributed by atoms with Crippen molar-refractivity contribution >= 4 is 22.7 Å². The average molecular weight is 299 g/mol. The zero-order valence-corrected chi connectivity index (χ0v) is 12.3. The van der Waals surface area contributed by atoms with Gasteiger partial charge in [-0.3, -0.25) is 14.4 Å². The van der Waals surface area contributed by atoms with E-state index in [1.807, 2.05) is 25.1 Å². The molecule has 1 aromatic carbocycles. The normalized spacial score (nSPS) is 18.9. The summed E-state index contributed by atoms with van der Waals surface area (Å²) in [6.45, 7) is 2.66. The number of hydrogen-bond acceptors (Lipinski definition) is 3. The fourth-order valence-electron chi connectivity index (χ4n) is 2.74. The van der Waals surface area contributed by atoms with Gasteiger partial charge in [-0.2, -0.15) is 0 Å². The van der Waals surface area contributed by atoms with Gasteiger partial charge in [0.25, 0.3) is 5.91 Å². The Balaban J connectivity index is 2.05. The second kappa shape index (κ2) is 5.63. The highest BCUT2D eigenvalue weighted by molar-refractivity contribution is 6.06. The molecule has 3 rings (SSSR count). The van der Waals surface area contributed by atoms with Gasteiger partial charge in [0.05, 0.1) is 5.56 Å². The van der Waals surface area contributed by atoms with Gasteiger partial charge in [-0.05, 0) is 13.0 Å². The van der Waals surface area contributed by atoms with Gasteiger partial charge in [-0.15, -0.1) is 0 Å². The van der Waals surface area contributed by atoms with E-state index < -0.39 is 0 Å². The van der Waals surface area contributed by atoms with Crippen LogP contribution in [0, 0.1) is 0 Å². The van der Waals surface area contributed by atoms with Crippen LogP contribution in [0.5, 0.6) is 0 Å². The topological polar surface area (TPSA) is 82.3 Å². The summed E-state index contributed by atoms with van der Waals surface area (Å²) in [5, 5.41) is 3.49. The molecule has 2 aromatic rings. The average Bonchev–Trinajstić information content (AvgIpc) is 2.67. The van der Waals surface area contributed by atoms with E-state index in [1.54, 1.807) is 11.0 Å². The molecule has 0 saturated carbocycles. The molecular formula is C16H17N3O3. The van der Waals surface area contributed by atoms with E-state index in [4.69, 9.17) is 0 Å². The first-order valence-electron chi connectivity index (χ1n) is 7.26. The van der Waals surface area contributed by atoms with Crippen LogP contribution in [0.15, 0.2) is 35.1 Å². The van der Waals surface area contributed by atoms with Crippen molar-refractivity contribution in [1.29, 1.82) is 0 Å². The largest absolute Gasteiger partial charge is 0.354 e. The minimum atomic E-state index is -0.307. The predicted molar refractivity (Wildman–Crippen MR) is 82.7 cm³/mol. The van der Waals surface area contributed by atoms with Crippen molar-refractivity contribution in [3.05, 3.63) is 46.2 Å². The lowest BCUT2D eigenvalue weighted by Crippen LogP contribution is -2.42. The van der Waals surface area contributed by atoms with Crippen LogP contribution in [0.3, 0.4) is 0 Å². The first-order valence-corrected chi connectivity index (χ1v) is 7.26. The molecule has 2 amide bonds. The lowest BCUT2D eigenvalue weighted by Gasteiger charge is -2.26. The molecule has 0 spiro atoms. The molecule has 22 heavy (non-hydrogen) atoms. The van der Waals surface area contributed by atoms with E-state index in [1.165, 1.54) is 6.07 Å². The first-order chi connectivity index (χ1) is 10.6. The number of aromatic nitrogens is 1. The lowest BCUT2D eigenvalue weighted by atomic mass is 10.1. The maximum absolute atomic E-state index is 12.9. The standard InChI is InChI=1S/C16H17N3O3/c1-10-9-17-14(20)6-7-19(10)16(22)12-8-15(21)18-13-5-3-2-4-11(12)13/h2-5,8,10H,6-7,9H2,1H3,(H,17,20)(H,18,21)/t10-/m0/s1. The van der Waals surface area contributed by atoms with E-state index in [2.05, 4.69) is 10.3 Å². The minimum absolute atomic E-state index is 0.0575. The SMILES string of the molecule is C[C@H]1CNC(=O)CCN1C(=O)c1cc(=O)[nH]c2ccccc12. The minimum Gasteiger partial charge on any atom is -0.354 e. The number of fused-ring (bicyclic) bond motifs is 1. The monoisotopic (exact) mass is 299 g/mol. The Kier molecular flexibility index (Phi) is 3.66. The molecule has 6 nitrogen and oxygen atoms in total. The summed E-state index contributed by atoms with van der Waals surface area (Å²) in [4.78, 5) is 40.5.